The molecule has 1 heterocycles. The van der Waals surface area contributed by atoms with E-state index in [2.05, 4.69) is 10.4 Å². The van der Waals surface area contributed by atoms with Gasteiger partial charge in [0.1, 0.15) is 9.84 Å². The van der Waals surface area contributed by atoms with Gasteiger partial charge in [-0.3, -0.25) is 9.48 Å². The third kappa shape index (κ3) is 6.54. The van der Waals surface area contributed by atoms with Crippen LogP contribution in [0.3, 0.4) is 0 Å². The highest BCUT2D eigenvalue weighted by Crippen LogP contribution is 2.41. The van der Waals surface area contributed by atoms with Gasteiger partial charge in [0.25, 0.3) is 5.91 Å². The van der Waals surface area contributed by atoms with Crippen molar-refractivity contribution in [1.82, 2.24) is 15.1 Å². The lowest BCUT2D eigenvalue weighted by Crippen LogP contribution is -2.47. The molecular formula is C26H35ClF3N3O4S. The average Bonchev–Trinajstić information content (AvgIpc) is 3.12. The van der Waals surface area contributed by atoms with E-state index in [0.29, 0.717) is 41.8 Å². The maximum Gasteiger partial charge on any atom is 0.394 e. The summed E-state index contributed by atoms with van der Waals surface area (Å²) in [7, 11) is -3.19. The summed E-state index contributed by atoms with van der Waals surface area (Å²) in [6.07, 6.45) is -2.22. The van der Waals surface area contributed by atoms with Crippen LogP contribution in [-0.4, -0.2) is 59.0 Å². The number of nitrogens with one attached hydrogen (secondary N) is 1. The molecule has 1 aliphatic carbocycles. The van der Waals surface area contributed by atoms with Crippen molar-refractivity contribution in [3.8, 4) is 11.3 Å². The summed E-state index contributed by atoms with van der Waals surface area (Å²) in [5.74, 6) is -0.580. The first kappa shape index (κ1) is 30.4. The van der Waals surface area contributed by atoms with Gasteiger partial charge in [0.05, 0.1) is 27.0 Å². The van der Waals surface area contributed by atoms with Crippen molar-refractivity contribution in [2.24, 2.45) is 5.41 Å². The number of aliphatic hydroxyl groups is 1. The minimum atomic E-state index is -4.34. The Balaban J connectivity index is 1.79. The first-order valence-electron chi connectivity index (χ1n) is 12.5. The Kier molecular flexibility index (Phi) is 8.66. The number of benzene rings is 1. The van der Waals surface area contributed by atoms with Crippen molar-refractivity contribution < 1.29 is 31.5 Å². The van der Waals surface area contributed by atoms with Crippen LogP contribution in [0.5, 0.6) is 0 Å². The number of carbonyl (C=O) groups excluding carboxylic acids is 1. The molecule has 2 aromatic rings. The summed E-state index contributed by atoms with van der Waals surface area (Å²) in [5, 5.41) is 17.5. The van der Waals surface area contributed by atoms with Crippen LogP contribution in [0, 0.1) is 12.3 Å². The van der Waals surface area contributed by atoms with E-state index in [4.69, 9.17) is 11.6 Å². The number of amides is 1. The highest BCUT2D eigenvalue weighted by atomic mass is 35.5. The van der Waals surface area contributed by atoms with Crippen LogP contribution in [-0.2, 0) is 22.8 Å². The van der Waals surface area contributed by atoms with Crippen molar-refractivity contribution in [1.29, 1.82) is 0 Å². The second-order valence-electron chi connectivity index (χ2n) is 11.0. The maximum atomic E-state index is 13.4. The molecule has 1 aromatic heterocycles. The van der Waals surface area contributed by atoms with Crippen molar-refractivity contribution >= 4 is 27.3 Å². The van der Waals surface area contributed by atoms with E-state index in [1.54, 1.807) is 29.8 Å². The largest absolute Gasteiger partial charge is 0.394 e. The Hall–Kier alpha value is -2.11. The molecule has 0 aliphatic heterocycles. The Morgan fingerprint density at radius 1 is 1.26 bits per heavy atom. The van der Waals surface area contributed by atoms with Crippen molar-refractivity contribution in [3.63, 3.8) is 0 Å². The van der Waals surface area contributed by atoms with Crippen LogP contribution in [0.2, 0.25) is 5.02 Å². The molecule has 0 saturated heterocycles. The summed E-state index contributed by atoms with van der Waals surface area (Å²) < 4.78 is 65.2. The number of aryl methyl sites for hydroxylation is 2. The Morgan fingerprint density at radius 3 is 2.37 bits per heavy atom. The molecule has 0 radical (unpaired) electrons. The zero-order valence-corrected chi connectivity index (χ0v) is 23.8. The molecule has 0 unspecified atom stereocenters. The van der Waals surface area contributed by atoms with Gasteiger partial charge in [-0.2, -0.15) is 18.3 Å². The van der Waals surface area contributed by atoms with Gasteiger partial charge in [-0.15, -0.1) is 0 Å². The molecule has 1 aromatic carbocycles. The molecule has 212 valence electrons. The predicted octanol–water partition coefficient (Wildman–Crippen LogP) is 5.11. The zero-order valence-electron chi connectivity index (χ0n) is 22.2. The van der Waals surface area contributed by atoms with Crippen LogP contribution in [0.4, 0.5) is 13.2 Å². The molecule has 1 fully saturated rings. The molecule has 1 saturated carbocycles. The third-order valence-corrected chi connectivity index (χ3v) is 9.46. The summed E-state index contributed by atoms with van der Waals surface area (Å²) in [4.78, 5) is 13.0. The first-order valence-corrected chi connectivity index (χ1v) is 14.8. The standard InChI is InChI=1S/C26H35ClF3N3O4S/c1-6-33-22(19-8-7-17(13-16(19)2)14-24(3,4)26(28,29)30)20(27)21(32-33)23(34)31-15-25(35)11-9-18(10-12-25)38(5,36)37/h7-8,13,18,35H,6,9-12,14-15H2,1-5H3,(H,31,34)/t18-,25+. The molecule has 2 N–H and O–H groups in total. The van der Waals surface area contributed by atoms with Crippen LogP contribution >= 0.6 is 11.6 Å². The number of halogens is 4. The monoisotopic (exact) mass is 577 g/mol. The van der Waals surface area contributed by atoms with Gasteiger partial charge in [-0.25, -0.2) is 8.42 Å². The lowest BCUT2D eigenvalue weighted by atomic mass is 9.84. The number of hydrogen-bond donors (Lipinski definition) is 2. The molecule has 12 heteroatoms. The topological polar surface area (TPSA) is 101 Å². The molecule has 38 heavy (non-hydrogen) atoms. The normalized spacial score (nSPS) is 20.9. The fourth-order valence-electron chi connectivity index (χ4n) is 4.85. The Labute approximate surface area is 226 Å². The molecule has 7 nitrogen and oxygen atoms in total. The fraction of sp³-hybridized carbons (Fsp3) is 0.615. The number of aromatic nitrogens is 2. The summed E-state index contributed by atoms with van der Waals surface area (Å²) in [6, 6.07) is 5.01. The minimum Gasteiger partial charge on any atom is -0.388 e. The lowest BCUT2D eigenvalue weighted by Gasteiger charge is -2.35. The number of hydrogen-bond acceptors (Lipinski definition) is 5. The molecule has 0 bridgehead atoms. The van der Waals surface area contributed by atoms with Gasteiger partial charge in [0.2, 0.25) is 0 Å². The number of alkyl halides is 3. The van der Waals surface area contributed by atoms with E-state index in [-0.39, 0.29) is 36.5 Å². The molecule has 3 rings (SSSR count). The van der Waals surface area contributed by atoms with Crippen LogP contribution in [0.25, 0.3) is 11.3 Å². The predicted molar refractivity (Wildman–Crippen MR) is 141 cm³/mol. The molecular weight excluding hydrogens is 543 g/mol. The minimum absolute atomic E-state index is 0.0291. The van der Waals surface area contributed by atoms with E-state index in [1.165, 1.54) is 6.26 Å². The number of carbonyl (C=O) groups is 1. The van der Waals surface area contributed by atoms with E-state index < -0.39 is 38.2 Å². The SMILES string of the molecule is CCn1nc(C(=O)NC[C@]2(O)CC[C@@H](S(C)(=O)=O)CC2)c(Cl)c1-c1ccc(CC(C)(C)C(F)(F)F)cc1C. The van der Waals surface area contributed by atoms with Gasteiger partial charge in [-0.1, -0.05) is 43.6 Å². The number of nitrogens with zero attached hydrogens (tertiary/aromatic N) is 2. The van der Waals surface area contributed by atoms with E-state index in [1.807, 2.05) is 6.92 Å². The van der Waals surface area contributed by atoms with Gasteiger partial charge in [0, 0.05) is 24.9 Å². The molecule has 0 atom stereocenters. The van der Waals surface area contributed by atoms with Crippen molar-refractivity contribution in [2.45, 2.75) is 83.4 Å². The highest BCUT2D eigenvalue weighted by Gasteiger charge is 2.47. The second kappa shape index (κ2) is 10.8. The quantitative estimate of drug-likeness (QED) is 0.454. The van der Waals surface area contributed by atoms with Gasteiger partial charge in [0.15, 0.2) is 5.69 Å². The molecule has 1 aliphatic rings. The first-order chi connectivity index (χ1) is 17.4. The van der Waals surface area contributed by atoms with E-state index in [0.717, 1.165) is 13.8 Å². The summed E-state index contributed by atoms with van der Waals surface area (Å²) >= 11 is 6.62. The van der Waals surface area contributed by atoms with Gasteiger partial charge >= 0.3 is 6.18 Å². The smallest absolute Gasteiger partial charge is 0.388 e. The van der Waals surface area contributed by atoms with Gasteiger partial charge in [-0.05, 0) is 57.1 Å². The van der Waals surface area contributed by atoms with Gasteiger partial charge < -0.3 is 10.4 Å². The average molecular weight is 578 g/mol. The Morgan fingerprint density at radius 2 is 1.87 bits per heavy atom. The van der Waals surface area contributed by atoms with E-state index in [9.17, 15) is 31.5 Å². The van der Waals surface area contributed by atoms with E-state index >= 15 is 0 Å². The Bertz CT molecular complexity index is 1300. The highest BCUT2D eigenvalue weighted by molar-refractivity contribution is 7.91. The molecule has 0 spiro atoms. The zero-order chi connectivity index (χ0) is 28.7. The second-order valence-corrected chi connectivity index (χ2v) is 13.7. The number of sulfone groups is 1. The number of rotatable bonds is 8. The fourth-order valence-corrected chi connectivity index (χ4v) is 6.26. The maximum absolute atomic E-state index is 13.4. The van der Waals surface area contributed by atoms with Crippen molar-refractivity contribution in [2.75, 3.05) is 12.8 Å². The van der Waals surface area contributed by atoms with Crippen LogP contribution < -0.4 is 5.32 Å². The summed E-state index contributed by atoms with van der Waals surface area (Å²) in [6.45, 7) is 6.24. The molecule has 1 amide bonds. The van der Waals surface area contributed by atoms with Crippen LogP contribution in [0.15, 0.2) is 18.2 Å². The third-order valence-electron chi connectivity index (χ3n) is 7.42. The van der Waals surface area contributed by atoms with Crippen LogP contribution in [0.1, 0.15) is 68.1 Å². The van der Waals surface area contributed by atoms with Crippen molar-refractivity contribution in [3.05, 3.63) is 40.0 Å². The lowest BCUT2D eigenvalue weighted by molar-refractivity contribution is -0.211. The summed E-state index contributed by atoms with van der Waals surface area (Å²) in [5.41, 5.74) is -0.789.